The first-order chi connectivity index (χ1) is 3.83. The predicted octanol–water partition coefficient (Wildman–Crippen LogP) is 0.464. The van der Waals surface area contributed by atoms with E-state index >= 15 is 0 Å². The summed E-state index contributed by atoms with van der Waals surface area (Å²) in [6.45, 7) is 4.82. The second kappa shape index (κ2) is 32.4. The summed E-state index contributed by atoms with van der Waals surface area (Å²) >= 11 is -2.51. The van der Waals surface area contributed by atoms with E-state index in [-0.39, 0.29) is 38.5 Å². The third kappa shape index (κ3) is 64.3. The second-order valence-electron chi connectivity index (χ2n) is 0.609. The van der Waals surface area contributed by atoms with Crippen LogP contribution < -0.4 is 5.73 Å². The van der Waals surface area contributed by atoms with Crippen molar-refractivity contribution in [1.29, 1.82) is 0 Å². The van der Waals surface area contributed by atoms with E-state index in [2.05, 4.69) is 6.20 Å². The van der Waals surface area contributed by atoms with E-state index in [1.807, 2.05) is 0 Å². The molecule has 0 fully saturated rings. The van der Waals surface area contributed by atoms with Gasteiger partial charge in [0.2, 0.25) is 0 Å². The summed E-state index contributed by atoms with van der Waals surface area (Å²) in [6.07, 6.45) is 4.96. The van der Waals surface area contributed by atoms with E-state index in [1.54, 1.807) is 0 Å². The molecule has 0 heterocycles. The SMILES string of the molecule is [CH-]=CC=[C-]N.[CH3-].[O]=[U+2]=[O].[U]. The Balaban J connectivity index is -0.0000000326. The number of allylic oxidation sites excluding steroid dienone is 2. The molecular formula is C5H8NO2U2-. The largest absolute Gasteiger partial charge is 0 e. The van der Waals surface area contributed by atoms with Crippen molar-refractivity contribution in [2.24, 2.45) is 5.73 Å². The molecule has 0 saturated heterocycles. The van der Waals surface area contributed by atoms with Crippen LogP contribution in [-0.2, 0) is 4.47 Å². The molecule has 0 saturated carbocycles. The van der Waals surface area contributed by atoms with Gasteiger partial charge in [0, 0.05) is 31.1 Å². The first-order valence-corrected chi connectivity index (χ1v) is 5.05. The molecule has 0 aromatic rings. The summed E-state index contributed by atoms with van der Waals surface area (Å²) in [4.78, 5) is 0. The Kier molecular flexibility index (Phi) is 72.8. The van der Waals surface area contributed by atoms with Gasteiger partial charge in [-0.3, -0.25) is 6.20 Å². The minimum absolute atomic E-state index is 0. The fraction of sp³-hybridized carbons (Fsp3) is 0. The van der Waals surface area contributed by atoms with Crippen LogP contribution in [0.2, 0.25) is 0 Å². The fourth-order valence-electron chi connectivity index (χ4n) is 0.0556. The minimum Gasteiger partial charge on any atom is 0 e. The van der Waals surface area contributed by atoms with Crippen LogP contribution in [0.3, 0.4) is 0 Å². The molecule has 0 aromatic heterocycles. The summed E-state index contributed by atoms with van der Waals surface area (Å²) in [5.41, 5.74) is 4.72. The van der Waals surface area contributed by atoms with Crippen LogP contribution in [0.5, 0.6) is 0 Å². The average molecular weight is 590 g/mol. The van der Waals surface area contributed by atoms with Gasteiger partial charge in [-0.15, -0.1) is 0 Å². The normalized spacial score (nSPS) is 5.20. The number of hydrogen-bond acceptors (Lipinski definition) is 3. The van der Waals surface area contributed by atoms with Gasteiger partial charge in [-0.05, 0) is 0 Å². The molecule has 0 bridgehead atoms. The Hall–Kier alpha value is 0.984. The average Bonchev–Trinajstić information content (AvgIpc) is 1.71. The molecule has 10 heavy (non-hydrogen) atoms. The molecule has 0 radical (unpaired) electrons. The van der Waals surface area contributed by atoms with Crippen molar-refractivity contribution in [2.45, 2.75) is 0 Å². The Morgan fingerprint density at radius 3 is 1.80 bits per heavy atom. The zero-order valence-electron chi connectivity index (χ0n) is 5.63. The van der Waals surface area contributed by atoms with Crippen molar-refractivity contribution in [2.75, 3.05) is 0 Å². The number of rotatable bonds is 1. The van der Waals surface area contributed by atoms with Gasteiger partial charge >= 0.3 is 32.3 Å². The van der Waals surface area contributed by atoms with E-state index < -0.39 is 27.8 Å². The fourth-order valence-corrected chi connectivity index (χ4v) is 0.0556. The Bertz CT molecular complexity index is 108. The predicted molar refractivity (Wildman–Crippen MR) is 28.7 cm³/mol. The minimum atomic E-state index is -2.51. The van der Waals surface area contributed by atoms with Crippen molar-refractivity contribution in [3.05, 3.63) is 32.4 Å². The molecule has 0 rings (SSSR count). The summed E-state index contributed by atoms with van der Waals surface area (Å²) in [6, 6.07) is 0. The van der Waals surface area contributed by atoms with E-state index in [0.717, 1.165) is 0 Å². The molecular weight excluding hydrogens is 582 g/mol. The number of nitrogens with two attached hydrogens (primary N) is 1. The molecule has 0 aromatic carbocycles. The van der Waals surface area contributed by atoms with Gasteiger partial charge < -0.3 is 31.9 Å². The topological polar surface area (TPSA) is 60.2 Å². The van der Waals surface area contributed by atoms with Gasteiger partial charge in [0.25, 0.3) is 0 Å². The molecule has 0 aliphatic rings. The quantitative estimate of drug-likeness (QED) is 0.275. The molecule has 3 nitrogen and oxygen atoms in total. The monoisotopic (exact) mass is 590 g/mol. The maximum absolute atomic E-state index is 8.58. The van der Waals surface area contributed by atoms with Crippen molar-refractivity contribution in [3.8, 4) is 0 Å². The summed E-state index contributed by atoms with van der Waals surface area (Å²) in [7, 11) is 0. The zero-order valence-corrected chi connectivity index (χ0v) is 14.0. The van der Waals surface area contributed by atoms with Crippen molar-refractivity contribution >= 4 is 0 Å². The molecule has 5 heteroatoms. The maximum Gasteiger partial charge on any atom is 0 e. The molecule has 0 aliphatic carbocycles. The van der Waals surface area contributed by atoms with Crippen LogP contribution in [0.1, 0.15) is 0 Å². The van der Waals surface area contributed by atoms with Gasteiger partial charge in [0.15, 0.2) is 0 Å². The van der Waals surface area contributed by atoms with Crippen LogP contribution in [0.4, 0.5) is 0 Å². The standard InChI is InChI=1S/C4H5N.CH3.2O.2U/c1-2-3-4-5;;;;;/h1-3H,5H2;1H3;;;;/q-2;-1;;;;+2. The first kappa shape index (κ1) is 22.4. The molecule has 54 valence electrons. The van der Waals surface area contributed by atoms with Crippen LogP contribution >= 0.6 is 0 Å². The van der Waals surface area contributed by atoms with Gasteiger partial charge in [-0.2, -0.15) is 0 Å². The summed E-state index contributed by atoms with van der Waals surface area (Å²) in [5, 5.41) is 0. The molecule has 0 atom stereocenters. The number of hydrogen-bond donors (Lipinski definition) is 1. The molecule has 0 aliphatic heterocycles. The van der Waals surface area contributed by atoms with Crippen molar-refractivity contribution in [1.82, 2.24) is 0 Å². The van der Waals surface area contributed by atoms with Crippen molar-refractivity contribution in [3.63, 3.8) is 0 Å². The van der Waals surface area contributed by atoms with Crippen LogP contribution in [-0.4, -0.2) is 0 Å². The first-order valence-electron chi connectivity index (χ1n) is 1.65. The third-order valence-electron chi connectivity index (χ3n) is 0.192. The second-order valence-corrected chi connectivity index (χ2v) is 1.30. The van der Waals surface area contributed by atoms with E-state index in [4.69, 9.17) is 16.8 Å². The zero-order chi connectivity index (χ0) is 6.83. The molecule has 0 unspecified atom stereocenters. The Morgan fingerprint density at radius 2 is 1.80 bits per heavy atom. The van der Waals surface area contributed by atoms with E-state index in [0.29, 0.717) is 0 Å². The summed E-state index contributed by atoms with van der Waals surface area (Å²) < 4.78 is 17.2. The molecule has 0 spiro atoms. The Morgan fingerprint density at radius 1 is 1.50 bits per heavy atom. The smallest absolute Gasteiger partial charge is 0 e. The van der Waals surface area contributed by atoms with E-state index in [9.17, 15) is 0 Å². The third-order valence-corrected chi connectivity index (χ3v) is 0.192. The van der Waals surface area contributed by atoms with Crippen LogP contribution in [0.15, 0.2) is 12.2 Å². The Labute approximate surface area is 100 Å². The molecule has 2 N–H and O–H groups in total. The van der Waals surface area contributed by atoms with Crippen LogP contribution in [0, 0.1) is 79.1 Å². The van der Waals surface area contributed by atoms with Gasteiger partial charge in [0.05, 0.1) is 0 Å². The van der Waals surface area contributed by atoms with Gasteiger partial charge in [-0.1, -0.05) is 0 Å². The van der Waals surface area contributed by atoms with Crippen LogP contribution in [0.25, 0.3) is 0 Å². The van der Waals surface area contributed by atoms with Gasteiger partial charge in [-0.25, -0.2) is 0 Å². The van der Waals surface area contributed by atoms with Crippen molar-refractivity contribution < 1.29 is 63.4 Å². The summed E-state index contributed by atoms with van der Waals surface area (Å²) in [5.74, 6) is 0. The van der Waals surface area contributed by atoms with E-state index in [1.165, 1.54) is 12.2 Å². The molecule has 0 amide bonds. The maximum atomic E-state index is 8.58. The van der Waals surface area contributed by atoms with Gasteiger partial charge in [0.1, 0.15) is 0 Å².